The molecule has 1 amide bonds. The van der Waals surface area contributed by atoms with Crippen LogP contribution in [0.4, 0.5) is 0 Å². The number of fused-ring (bicyclic) bond motifs is 1. The van der Waals surface area contributed by atoms with Gasteiger partial charge in [-0.3, -0.25) is 4.79 Å². The minimum absolute atomic E-state index is 0.207. The number of aryl methyl sites for hydroxylation is 1. The van der Waals surface area contributed by atoms with E-state index in [2.05, 4.69) is 5.32 Å². The first-order valence-electron chi connectivity index (χ1n) is 11.0. The van der Waals surface area contributed by atoms with Crippen molar-refractivity contribution >= 4 is 26.7 Å². The number of hydrogen-bond donors (Lipinski definition) is 1. The molecule has 1 aliphatic rings. The number of rotatable bonds is 7. The summed E-state index contributed by atoms with van der Waals surface area (Å²) in [6.07, 6.45) is 2.79. The van der Waals surface area contributed by atoms with Crippen molar-refractivity contribution in [2.45, 2.75) is 31.1 Å². The summed E-state index contributed by atoms with van der Waals surface area (Å²) in [4.78, 5) is 12.9. The van der Waals surface area contributed by atoms with Crippen molar-refractivity contribution in [1.82, 2.24) is 9.62 Å². The summed E-state index contributed by atoms with van der Waals surface area (Å²) >= 11 is 0. The smallest absolute Gasteiger partial charge is 0.251 e. The molecule has 32 heavy (non-hydrogen) atoms. The lowest BCUT2D eigenvalue weighted by Gasteiger charge is -2.26. The highest BCUT2D eigenvalue weighted by Gasteiger charge is 2.28. The van der Waals surface area contributed by atoms with E-state index < -0.39 is 10.0 Å². The molecular weight excluding hydrogens is 424 g/mol. The summed E-state index contributed by atoms with van der Waals surface area (Å²) in [6.45, 7) is 3.44. The number of carbonyl (C=O) groups is 1. The molecule has 0 unspecified atom stereocenters. The van der Waals surface area contributed by atoms with Crippen molar-refractivity contribution in [2.75, 3.05) is 26.2 Å². The van der Waals surface area contributed by atoms with Gasteiger partial charge in [0.2, 0.25) is 10.0 Å². The minimum atomic E-state index is -3.60. The molecule has 6 nitrogen and oxygen atoms in total. The number of hydrogen-bond acceptors (Lipinski definition) is 4. The molecule has 1 heterocycles. The normalized spacial score (nSPS) is 14.9. The van der Waals surface area contributed by atoms with Crippen LogP contribution in [0.2, 0.25) is 0 Å². The van der Waals surface area contributed by atoms with Crippen LogP contribution < -0.4 is 10.1 Å². The first-order chi connectivity index (χ1) is 15.5. The average Bonchev–Trinajstić information content (AvgIpc) is 2.82. The Morgan fingerprint density at radius 3 is 2.56 bits per heavy atom. The highest BCUT2D eigenvalue weighted by molar-refractivity contribution is 7.89. The highest BCUT2D eigenvalue weighted by Crippen LogP contribution is 2.26. The van der Waals surface area contributed by atoms with E-state index >= 15 is 0 Å². The quantitative estimate of drug-likeness (QED) is 0.547. The number of ether oxygens (including phenoxy) is 1. The standard InChI is InChI=1S/C25H28N2O4S/c1-19-12-13-21(18-24(19)32(29,30)27-15-5-2-6-16-27)25(28)26-14-17-31-23-11-7-9-20-8-3-4-10-22(20)23/h3-4,7-13,18H,2,5-6,14-17H2,1H3,(H,26,28). The first kappa shape index (κ1) is 22.3. The lowest BCUT2D eigenvalue weighted by molar-refractivity contribution is 0.0947. The number of piperidine rings is 1. The van der Waals surface area contributed by atoms with Gasteiger partial charge in [0.05, 0.1) is 11.4 Å². The SMILES string of the molecule is Cc1ccc(C(=O)NCCOc2cccc3ccccc23)cc1S(=O)(=O)N1CCCCC1. The molecule has 1 saturated heterocycles. The Balaban J connectivity index is 1.40. The van der Waals surface area contributed by atoms with Crippen LogP contribution in [0.1, 0.15) is 35.2 Å². The first-order valence-corrected chi connectivity index (χ1v) is 12.4. The molecule has 4 rings (SSSR count). The summed E-state index contributed by atoms with van der Waals surface area (Å²) in [6, 6.07) is 18.7. The maximum absolute atomic E-state index is 13.1. The molecule has 0 aliphatic carbocycles. The predicted octanol–water partition coefficient (Wildman–Crippen LogP) is 4.13. The summed E-state index contributed by atoms with van der Waals surface area (Å²) in [5.74, 6) is 0.448. The van der Waals surface area contributed by atoms with E-state index in [4.69, 9.17) is 4.74 Å². The lowest BCUT2D eigenvalue weighted by atomic mass is 10.1. The van der Waals surface area contributed by atoms with Gasteiger partial charge < -0.3 is 10.1 Å². The Morgan fingerprint density at radius 1 is 1.00 bits per heavy atom. The molecule has 0 saturated carbocycles. The van der Waals surface area contributed by atoms with Crippen LogP contribution in [0.5, 0.6) is 5.75 Å². The zero-order valence-corrected chi connectivity index (χ0v) is 19.0. The number of sulfonamides is 1. The molecule has 1 fully saturated rings. The molecular formula is C25H28N2O4S. The Hall–Kier alpha value is -2.90. The average molecular weight is 453 g/mol. The van der Waals surface area contributed by atoms with Gasteiger partial charge in [-0.15, -0.1) is 0 Å². The molecule has 0 radical (unpaired) electrons. The molecule has 168 valence electrons. The Bertz CT molecular complexity index is 1210. The van der Waals surface area contributed by atoms with Gasteiger partial charge in [0.15, 0.2) is 0 Å². The number of amides is 1. The topological polar surface area (TPSA) is 75.7 Å². The van der Waals surface area contributed by atoms with Gasteiger partial charge in [-0.1, -0.05) is 48.9 Å². The van der Waals surface area contributed by atoms with Gasteiger partial charge in [-0.2, -0.15) is 4.31 Å². The fourth-order valence-corrected chi connectivity index (χ4v) is 5.78. The molecule has 0 atom stereocenters. The zero-order chi connectivity index (χ0) is 22.6. The van der Waals surface area contributed by atoms with Crippen molar-refractivity contribution in [3.63, 3.8) is 0 Å². The van der Waals surface area contributed by atoms with Crippen LogP contribution in [-0.2, 0) is 10.0 Å². The van der Waals surface area contributed by atoms with Gasteiger partial charge in [0.1, 0.15) is 12.4 Å². The van der Waals surface area contributed by atoms with E-state index in [1.54, 1.807) is 19.1 Å². The molecule has 0 aromatic heterocycles. The van der Waals surface area contributed by atoms with E-state index in [1.165, 1.54) is 10.4 Å². The van der Waals surface area contributed by atoms with Crippen molar-refractivity contribution in [3.05, 3.63) is 71.8 Å². The maximum atomic E-state index is 13.1. The number of nitrogens with zero attached hydrogens (tertiary/aromatic N) is 1. The maximum Gasteiger partial charge on any atom is 0.251 e. The lowest BCUT2D eigenvalue weighted by Crippen LogP contribution is -2.36. The second-order valence-electron chi connectivity index (χ2n) is 8.03. The molecule has 0 spiro atoms. The van der Waals surface area contributed by atoms with E-state index in [-0.39, 0.29) is 10.8 Å². The van der Waals surface area contributed by atoms with Gasteiger partial charge in [-0.25, -0.2) is 8.42 Å². The molecule has 3 aromatic rings. The number of carbonyl (C=O) groups excluding carboxylic acids is 1. The summed E-state index contributed by atoms with van der Waals surface area (Å²) in [5, 5.41) is 4.94. The number of nitrogens with one attached hydrogen (secondary N) is 1. The molecule has 0 bridgehead atoms. The van der Waals surface area contributed by atoms with Crippen LogP contribution in [0, 0.1) is 6.92 Å². The van der Waals surface area contributed by atoms with E-state index in [0.717, 1.165) is 35.8 Å². The molecule has 1 aliphatic heterocycles. The third kappa shape index (κ3) is 4.79. The second kappa shape index (κ2) is 9.71. The molecule has 3 aromatic carbocycles. The van der Waals surface area contributed by atoms with E-state index in [1.807, 2.05) is 42.5 Å². The Labute approximate surface area is 189 Å². The van der Waals surface area contributed by atoms with Crippen molar-refractivity contribution in [1.29, 1.82) is 0 Å². The van der Waals surface area contributed by atoms with Gasteiger partial charge in [0.25, 0.3) is 5.91 Å². The third-order valence-corrected chi connectivity index (χ3v) is 7.82. The third-order valence-electron chi connectivity index (χ3n) is 5.78. The van der Waals surface area contributed by atoms with Crippen LogP contribution in [0.15, 0.2) is 65.6 Å². The Kier molecular flexibility index (Phi) is 6.77. The second-order valence-corrected chi connectivity index (χ2v) is 9.93. The van der Waals surface area contributed by atoms with Gasteiger partial charge in [0, 0.05) is 24.0 Å². The van der Waals surface area contributed by atoms with Crippen molar-refractivity contribution < 1.29 is 17.9 Å². The monoisotopic (exact) mass is 452 g/mol. The van der Waals surface area contributed by atoms with E-state index in [0.29, 0.717) is 37.4 Å². The largest absolute Gasteiger partial charge is 0.491 e. The molecule has 1 N–H and O–H groups in total. The summed E-state index contributed by atoms with van der Waals surface area (Å²) in [5.41, 5.74) is 0.975. The van der Waals surface area contributed by atoms with Crippen molar-refractivity contribution in [3.8, 4) is 5.75 Å². The van der Waals surface area contributed by atoms with E-state index in [9.17, 15) is 13.2 Å². The number of benzene rings is 3. The molecule has 7 heteroatoms. The Morgan fingerprint density at radius 2 is 1.75 bits per heavy atom. The van der Waals surface area contributed by atoms with Crippen molar-refractivity contribution in [2.24, 2.45) is 0 Å². The zero-order valence-electron chi connectivity index (χ0n) is 18.2. The minimum Gasteiger partial charge on any atom is -0.491 e. The van der Waals surface area contributed by atoms with Crippen LogP contribution >= 0.6 is 0 Å². The van der Waals surface area contributed by atoms with Crippen LogP contribution in [0.25, 0.3) is 10.8 Å². The summed E-state index contributed by atoms with van der Waals surface area (Å²) in [7, 11) is -3.60. The highest BCUT2D eigenvalue weighted by atomic mass is 32.2. The fourth-order valence-electron chi connectivity index (χ4n) is 4.01. The van der Waals surface area contributed by atoms with Gasteiger partial charge >= 0.3 is 0 Å². The fraction of sp³-hybridized carbons (Fsp3) is 0.320. The van der Waals surface area contributed by atoms with Crippen LogP contribution in [0.3, 0.4) is 0 Å². The van der Waals surface area contributed by atoms with Crippen LogP contribution in [-0.4, -0.2) is 44.9 Å². The summed E-state index contributed by atoms with van der Waals surface area (Å²) < 4.78 is 33.6. The predicted molar refractivity (Wildman–Crippen MR) is 126 cm³/mol. The van der Waals surface area contributed by atoms with Gasteiger partial charge in [-0.05, 0) is 48.9 Å².